The van der Waals surface area contributed by atoms with Crippen molar-refractivity contribution in [3.05, 3.63) is 52.8 Å². The highest BCUT2D eigenvalue weighted by molar-refractivity contribution is 6.39. The van der Waals surface area contributed by atoms with Gasteiger partial charge in [-0.1, -0.05) is 23.7 Å². The van der Waals surface area contributed by atoms with E-state index in [1.807, 2.05) is 6.92 Å². The smallest absolute Gasteiger partial charge is 0.329 e. The summed E-state index contributed by atoms with van der Waals surface area (Å²) in [5.41, 5.74) is 2.46. The molecule has 0 heterocycles. The first-order chi connectivity index (χ1) is 13.0. The molecule has 7 nitrogen and oxygen atoms in total. The maximum atomic E-state index is 13.5. The second-order valence-electron chi connectivity index (χ2n) is 5.10. The maximum Gasteiger partial charge on any atom is 0.329 e. The summed E-state index contributed by atoms with van der Waals surface area (Å²) in [4.78, 5) is 23.5. The summed E-state index contributed by atoms with van der Waals surface area (Å²) in [6.07, 6.45) is 1.28. The van der Waals surface area contributed by atoms with Crippen molar-refractivity contribution in [1.82, 2.24) is 5.43 Å². The molecule has 142 valence electrons. The number of hydrazone groups is 1. The molecule has 2 aromatic rings. The Morgan fingerprint density at radius 1 is 1.26 bits per heavy atom. The minimum Gasteiger partial charge on any atom is -0.491 e. The monoisotopic (exact) mass is 393 g/mol. The van der Waals surface area contributed by atoms with Crippen LogP contribution in [0.25, 0.3) is 0 Å². The van der Waals surface area contributed by atoms with E-state index in [1.54, 1.807) is 12.1 Å². The Labute approximate surface area is 160 Å². The number of carbonyl (C=O) groups is 2. The van der Waals surface area contributed by atoms with E-state index in [0.29, 0.717) is 28.7 Å². The van der Waals surface area contributed by atoms with Crippen molar-refractivity contribution in [3.63, 3.8) is 0 Å². The van der Waals surface area contributed by atoms with Crippen molar-refractivity contribution in [2.45, 2.75) is 6.92 Å². The van der Waals surface area contributed by atoms with Crippen LogP contribution in [0.3, 0.4) is 0 Å². The zero-order chi connectivity index (χ0) is 19.8. The van der Waals surface area contributed by atoms with Crippen LogP contribution < -0.4 is 20.2 Å². The van der Waals surface area contributed by atoms with Crippen molar-refractivity contribution in [1.29, 1.82) is 0 Å². The molecule has 0 aliphatic carbocycles. The van der Waals surface area contributed by atoms with E-state index in [-0.39, 0.29) is 5.69 Å². The fourth-order valence-electron chi connectivity index (χ4n) is 2.08. The first-order valence-corrected chi connectivity index (χ1v) is 8.23. The summed E-state index contributed by atoms with van der Waals surface area (Å²) < 4.78 is 24.1. The number of carbonyl (C=O) groups excluding carboxylic acids is 2. The topological polar surface area (TPSA) is 89.0 Å². The molecule has 2 amide bonds. The third kappa shape index (κ3) is 5.42. The van der Waals surface area contributed by atoms with Crippen LogP contribution in [-0.2, 0) is 9.59 Å². The van der Waals surface area contributed by atoms with Gasteiger partial charge in [0.25, 0.3) is 0 Å². The van der Waals surface area contributed by atoms with Crippen molar-refractivity contribution in [2.24, 2.45) is 5.10 Å². The highest BCUT2D eigenvalue weighted by Gasteiger charge is 2.15. The van der Waals surface area contributed by atoms with Crippen molar-refractivity contribution in [2.75, 3.05) is 19.0 Å². The van der Waals surface area contributed by atoms with Gasteiger partial charge >= 0.3 is 11.8 Å². The Kier molecular flexibility index (Phi) is 7.13. The van der Waals surface area contributed by atoms with Gasteiger partial charge in [0, 0.05) is 0 Å². The first kappa shape index (κ1) is 20.2. The molecular weight excluding hydrogens is 377 g/mol. The molecule has 27 heavy (non-hydrogen) atoms. The minimum atomic E-state index is -1.06. The SMILES string of the molecule is CCOc1cc(/C=N\NC(=O)C(=O)Nc2ccccc2F)cc(Cl)c1OC. The second-order valence-corrected chi connectivity index (χ2v) is 5.51. The predicted octanol–water partition coefficient (Wildman–Crippen LogP) is 2.98. The number of para-hydroxylation sites is 1. The summed E-state index contributed by atoms with van der Waals surface area (Å²) in [6, 6.07) is 8.65. The number of hydrogen-bond acceptors (Lipinski definition) is 5. The van der Waals surface area contributed by atoms with Crippen LogP contribution in [0.2, 0.25) is 5.02 Å². The Morgan fingerprint density at radius 2 is 2.00 bits per heavy atom. The number of nitrogens with one attached hydrogen (secondary N) is 2. The number of benzene rings is 2. The lowest BCUT2D eigenvalue weighted by Gasteiger charge is -2.11. The van der Waals surface area contributed by atoms with Gasteiger partial charge in [0.05, 0.1) is 30.6 Å². The summed E-state index contributed by atoms with van der Waals surface area (Å²) >= 11 is 6.11. The molecule has 0 aromatic heterocycles. The van der Waals surface area contributed by atoms with E-state index >= 15 is 0 Å². The van der Waals surface area contributed by atoms with Gasteiger partial charge in [-0.05, 0) is 36.8 Å². The number of methoxy groups -OCH3 is 1. The molecule has 0 aliphatic heterocycles. The van der Waals surface area contributed by atoms with E-state index in [4.69, 9.17) is 21.1 Å². The highest BCUT2D eigenvalue weighted by atomic mass is 35.5. The number of anilines is 1. The first-order valence-electron chi connectivity index (χ1n) is 7.85. The zero-order valence-electron chi connectivity index (χ0n) is 14.6. The molecule has 0 saturated heterocycles. The van der Waals surface area contributed by atoms with E-state index in [0.717, 1.165) is 6.07 Å². The average Bonchev–Trinajstić information content (AvgIpc) is 2.63. The third-order valence-corrected chi connectivity index (χ3v) is 3.52. The summed E-state index contributed by atoms with van der Waals surface area (Å²) in [7, 11) is 1.46. The number of amides is 2. The van der Waals surface area contributed by atoms with Gasteiger partial charge < -0.3 is 14.8 Å². The third-order valence-electron chi connectivity index (χ3n) is 3.24. The van der Waals surface area contributed by atoms with Crippen LogP contribution in [0, 0.1) is 5.82 Å². The van der Waals surface area contributed by atoms with Crippen LogP contribution in [0.4, 0.5) is 10.1 Å². The molecule has 9 heteroatoms. The molecular formula is C18H17ClFN3O4. The number of halogens is 2. The molecule has 0 fully saturated rings. The molecule has 2 N–H and O–H groups in total. The van der Waals surface area contributed by atoms with Gasteiger partial charge in [-0.2, -0.15) is 5.10 Å². The number of ether oxygens (including phenoxy) is 2. The number of hydrogen-bond donors (Lipinski definition) is 2. The lowest BCUT2D eigenvalue weighted by molar-refractivity contribution is -0.136. The largest absolute Gasteiger partial charge is 0.491 e. The molecule has 0 aliphatic rings. The van der Waals surface area contributed by atoms with Crippen LogP contribution >= 0.6 is 11.6 Å². The van der Waals surface area contributed by atoms with Gasteiger partial charge in [0.1, 0.15) is 5.82 Å². The fraction of sp³-hybridized carbons (Fsp3) is 0.167. The zero-order valence-corrected chi connectivity index (χ0v) is 15.3. The average molecular weight is 394 g/mol. The van der Waals surface area contributed by atoms with Gasteiger partial charge in [-0.15, -0.1) is 0 Å². The van der Waals surface area contributed by atoms with E-state index in [1.165, 1.54) is 31.5 Å². The van der Waals surface area contributed by atoms with Gasteiger partial charge in [-0.3, -0.25) is 9.59 Å². The highest BCUT2D eigenvalue weighted by Crippen LogP contribution is 2.35. The summed E-state index contributed by atoms with van der Waals surface area (Å²) in [5, 5.41) is 6.14. The van der Waals surface area contributed by atoms with E-state index in [9.17, 15) is 14.0 Å². The molecule has 0 unspecified atom stereocenters. The number of nitrogens with zero attached hydrogens (tertiary/aromatic N) is 1. The van der Waals surface area contributed by atoms with E-state index in [2.05, 4.69) is 15.8 Å². The van der Waals surface area contributed by atoms with Crippen molar-refractivity contribution < 1.29 is 23.5 Å². The molecule has 0 spiro atoms. The lowest BCUT2D eigenvalue weighted by atomic mass is 10.2. The maximum absolute atomic E-state index is 13.5. The van der Waals surface area contributed by atoms with Crippen LogP contribution in [0.5, 0.6) is 11.5 Å². The second kappa shape index (κ2) is 9.54. The van der Waals surface area contributed by atoms with Gasteiger partial charge in [0.2, 0.25) is 0 Å². The van der Waals surface area contributed by atoms with Crippen molar-refractivity contribution >= 4 is 35.3 Å². The lowest BCUT2D eigenvalue weighted by Crippen LogP contribution is -2.32. The Balaban J connectivity index is 2.03. The van der Waals surface area contributed by atoms with Gasteiger partial charge in [-0.25, -0.2) is 9.82 Å². The molecule has 2 aromatic carbocycles. The molecule has 0 atom stereocenters. The van der Waals surface area contributed by atoms with Crippen LogP contribution in [0.1, 0.15) is 12.5 Å². The minimum absolute atomic E-state index is 0.107. The molecule has 2 rings (SSSR count). The molecule has 0 bridgehead atoms. The Bertz CT molecular complexity index is 874. The quantitative estimate of drug-likeness (QED) is 0.448. The fourth-order valence-corrected chi connectivity index (χ4v) is 2.38. The number of rotatable bonds is 6. The van der Waals surface area contributed by atoms with Crippen LogP contribution in [0.15, 0.2) is 41.5 Å². The summed E-state index contributed by atoms with van der Waals surface area (Å²) in [6.45, 7) is 2.21. The van der Waals surface area contributed by atoms with Crippen molar-refractivity contribution in [3.8, 4) is 11.5 Å². The Morgan fingerprint density at radius 3 is 2.67 bits per heavy atom. The predicted molar refractivity (Wildman–Crippen MR) is 99.9 cm³/mol. The van der Waals surface area contributed by atoms with E-state index < -0.39 is 17.6 Å². The Hall–Kier alpha value is -3.13. The molecule has 0 saturated carbocycles. The summed E-state index contributed by atoms with van der Waals surface area (Å²) in [5.74, 6) is -1.97. The standard InChI is InChI=1S/C18H17ClFN3O4/c1-3-27-15-9-11(8-12(19)16(15)26-2)10-21-23-18(25)17(24)22-14-7-5-4-6-13(14)20/h4-10H,3H2,1-2H3,(H,22,24)(H,23,25)/b21-10-. The normalized spacial score (nSPS) is 10.5. The molecule has 0 radical (unpaired) electrons. The van der Waals surface area contributed by atoms with Crippen LogP contribution in [-0.4, -0.2) is 31.7 Å². The van der Waals surface area contributed by atoms with Gasteiger partial charge in [0.15, 0.2) is 11.5 Å².